The number of piperazine rings is 1. The minimum atomic E-state index is 0.0128. The summed E-state index contributed by atoms with van der Waals surface area (Å²) < 4.78 is 0. The molecule has 20 heavy (non-hydrogen) atoms. The van der Waals surface area contributed by atoms with Crippen LogP contribution in [-0.4, -0.2) is 32.0 Å². The van der Waals surface area contributed by atoms with Gasteiger partial charge in [0.25, 0.3) is 0 Å². The number of carbonyl (C=O) groups excluding carboxylic acids is 1. The number of hydrogen-bond donors (Lipinski definition) is 2. The first-order valence-corrected chi connectivity index (χ1v) is 8.33. The Morgan fingerprint density at radius 3 is 2.55 bits per heavy atom. The lowest BCUT2D eigenvalue weighted by Crippen LogP contribution is -2.43. The molecule has 0 bridgehead atoms. The van der Waals surface area contributed by atoms with E-state index >= 15 is 0 Å². The fourth-order valence-corrected chi connectivity index (χ4v) is 4.21. The van der Waals surface area contributed by atoms with Crippen molar-refractivity contribution in [2.45, 2.75) is 32.6 Å². The summed E-state index contributed by atoms with van der Waals surface area (Å²) in [5, 5.41) is 4.64. The predicted octanol–water partition coefficient (Wildman–Crippen LogP) is 2.46. The highest BCUT2D eigenvalue weighted by atomic mass is 32.1. The number of nitrogens with zero attached hydrogens (tertiary/aromatic N) is 1. The number of ketones is 1. The number of nitrogens with two attached hydrogens (primary N) is 1. The molecule has 1 saturated carbocycles. The molecule has 1 aromatic rings. The summed E-state index contributed by atoms with van der Waals surface area (Å²) >= 11 is 1.62. The van der Waals surface area contributed by atoms with Gasteiger partial charge in [0.15, 0.2) is 5.78 Å². The second-order valence-electron chi connectivity index (χ2n) is 6.09. The Morgan fingerprint density at radius 2 is 2.00 bits per heavy atom. The molecule has 2 heterocycles. The summed E-state index contributed by atoms with van der Waals surface area (Å²) in [5.74, 6) is 0.791. The van der Waals surface area contributed by atoms with E-state index in [1.807, 2.05) is 13.8 Å². The van der Waals surface area contributed by atoms with Crippen LogP contribution in [0.1, 0.15) is 47.8 Å². The van der Waals surface area contributed by atoms with Crippen LogP contribution in [0.2, 0.25) is 0 Å². The monoisotopic (exact) mass is 293 g/mol. The topological polar surface area (TPSA) is 58.4 Å². The molecule has 1 saturated heterocycles. The van der Waals surface area contributed by atoms with Crippen LogP contribution in [0.25, 0.3) is 0 Å². The normalized spacial score (nSPS) is 19.6. The van der Waals surface area contributed by atoms with E-state index in [1.165, 1.54) is 23.4 Å². The van der Waals surface area contributed by atoms with Crippen molar-refractivity contribution < 1.29 is 4.79 Å². The van der Waals surface area contributed by atoms with Gasteiger partial charge in [-0.25, -0.2) is 0 Å². The number of nitrogens with one attached hydrogen (secondary N) is 1. The van der Waals surface area contributed by atoms with Gasteiger partial charge in [-0.05, 0) is 18.8 Å². The van der Waals surface area contributed by atoms with Crippen LogP contribution in [0, 0.1) is 5.92 Å². The molecule has 110 valence electrons. The van der Waals surface area contributed by atoms with Crippen LogP contribution in [0.5, 0.6) is 0 Å². The lowest BCUT2D eigenvalue weighted by Gasteiger charge is -2.29. The number of hydrogen-bond acceptors (Lipinski definition) is 5. The Kier molecular flexibility index (Phi) is 3.73. The van der Waals surface area contributed by atoms with Crippen molar-refractivity contribution in [1.82, 2.24) is 5.32 Å². The van der Waals surface area contributed by atoms with Crippen LogP contribution >= 0.6 is 11.3 Å². The number of thiophene rings is 1. The maximum absolute atomic E-state index is 12.4. The van der Waals surface area contributed by atoms with Crippen molar-refractivity contribution in [3.63, 3.8) is 0 Å². The van der Waals surface area contributed by atoms with Gasteiger partial charge in [0, 0.05) is 37.7 Å². The number of nitrogen functional groups attached to an aromatic ring is 1. The molecule has 0 aromatic carbocycles. The van der Waals surface area contributed by atoms with E-state index in [9.17, 15) is 4.79 Å². The van der Waals surface area contributed by atoms with Crippen molar-refractivity contribution >= 4 is 27.8 Å². The summed E-state index contributed by atoms with van der Waals surface area (Å²) in [4.78, 5) is 15.5. The van der Waals surface area contributed by atoms with E-state index in [1.54, 1.807) is 11.3 Å². The molecule has 0 radical (unpaired) electrons. The maximum Gasteiger partial charge on any atom is 0.177 e. The summed E-state index contributed by atoms with van der Waals surface area (Å²) in [7, 11) is 0. The van der Waals surface area contributed by atoms with E-state index in [2.05, 4.69) is 10.2 Å². The molecule has 1 aliphatic heterocycles. The summed E-state index contributed by atoms with van der Waals surface area (Å²) in [5.41, 5.74) is 8.37. The van der Waals surface area contributed by atoms with Crippen molar-refractivity contribution in [2.24, 2.45) is 5.92 Å². The predicted molar refractivity (Wildman–Crippen MR) is 85.0 cm³/mol. The fraction of sp³-hybridized carbons (Fsp3) is 0.667. The zero-order valence-corrected chi connectivity index (χ0v) is 13.1. The van der Waals surface area contributed by atoms with Gasteiger partial charge in [0.05, 0.1) is 15.6 Å². The Balaban J connectivity index is 1.99. The third kappa shape index (κ3) is 2.44. The zero-order chi connectivity index (χ0) is 14.3. The van der Waals surface area contributed by atoms with Crippen molar-refractivity contribution in [1.29, 1.82) is 0 Å². The molecule has 4 nitrogen and oxygen atoms in total. The third-order valence-corrected chi connectivity index (χ3v) is 5.40. The molecule has 3 rings (SSSR count). The molecule has 0 spiro atoms. The number of carbonyl (C=O) groups is 1. The largest absolute Gasteiger partial charge is 0.397 e. The van der Waals surface area contributed by atoms with E-state index in [-0.39, 0.29) is 11.7 Å². The minimum absolute atomic E-state index is 0.0128. The van der Waals surface area contributed by atoms with Gasteiger partial charge in [0.2, 0.25) is 0 Å². The Hall–Kier alpha value is -1.07. The second kappa shape index (κ2) is 5.37. The molecule has 3 N–H and O–H groups in total. The van der Waals surface area contributed by atoms with Crippen LogP contribution in [0.4, 0.5) is 10.7 Å². The van der Waals surface area contributed by atoms with Gasteiger partial charge in [-0.3, -0.25) is 4.79 Å². The average Bonchev–Trinajstić information content (AvgIpc) is 3.22. The lowest BCUT2D eigenvalue weighted by atomic mass is 10.0. The zero-order valence-electron chi connectivity index (χ0n) is 12.2. The summed E-state index contributed by atoms with van der Waals surface area (Å²) in [6, 6.07) is 0. The standard InChI is InChI=1S/C15H23N3OS/c1-9(2)13(19)14-12(16)11(10-3-4-10)15(20-14)18-7-5-17-6-8-18/h9-10,17H,3-8,16H2,1-2H3. The Bertz CT molecular complexity index is 513. The highest BCUT2D eigenvalue weighted by molar-refractivity contribution is 7.19. The van der Waals surface area contributed by atoms with Crippen molar-refractivity contribution in [2.75, 3.05) is 36.8 Å². The Labute approximate surface area is 124 Å². The van der Waals surface area contributed by atoms with Gasteiger partial charge in [-0.15, -0.1) is 11.3 Å². The summed E-state index contributed by atoms with van der Waals surface area (Å²) in [6.07, 6.45) is 2.44. The van der Waals surface area contributed by atoms with Crippen LogP contribution in [0.3, 0.4) is 0 Å². The molecule has 1 aliphatic carbocycles. The highest BCUT2D eigenvalue weighted by Gasteiger charge is 2.35. The first-order chi connectivity index (χ1) is 9.59. The number of anilines is 2. The third-order valence-electron chi connectivity index (χ3n) is 4.10. The fourth-order valence-electron chi connectivity index (χ4n) is 2.76. The SMILES string of the molecule is CC(C)C(=O)c1sc(N2CCNCC2)c(C2CC2)c1N. The van der Waals surface area contributed by atoms with Crippen LogP contribution < -0.4 is 16.0 Å². The van der Waals surface area contributed by atoms with Crippen LogP contribution in [0.15, 0.2) is 0 Å². The molecule has 0 unspecified atom stereocenters. The van der Waals surface area contributed by atoms with Gasteiger partial charge in [-0.1, -0.05) is 13.8 Å². The van der Waals surface area contributed by atoms with Gasteiger partial charge >= 0.3 is 0 Å². The van der Waals surface area contributed by atoms with E-state index in [0.717, 1.165) is 36.7 Å². The second-order valence-corrected chi connectivity index (χ2v) is 7.09. The average molecular weight is 293 g/mol. The molecule has 2 fully saturated rings. The summed E-state index contributed by atoms with van der Waals surface area (Å²) in [6.45, 7) is 7.93. The molecule has 0 amide bonds. The van der Waals surface area contributed by atoms with Crippen molar-refractivity contribution in [3.05, 3.63) is 10.4 Å². The molecule has 2 aliphatic rings. The molecule has 0 atom stereocenters. The molecule has 5 heteroatoms. The molecule has 1 aromatic heterocycles. The van der Waals surface area contributed by atoms with Crippen molar-refractivity contribution in [3.8, 4) is 0 Å². The maximum atomic E-state index is 12.4. The smallest absolute Gasteiger partial charge is 0.177 e. The first kappa shape index (κ1) is 13.9. The lowest BCUT2D eigenvalue weighted by molar-refractivity contribution is 0.0944. The van der Waals surface area contributed by atoms with Gasteiger partial charge in [-0.2, -0.15) is 0 Å². The number of Topliss-reactive ketones (excluding diaryl/α,β-unsaturated/α-hetero) is 1. The highest BCUT2D eigenvalue weighted by Crippen LogP contribution is 2.52. The Morgan fingerprint density at radius 1 is 1.35 bits per heavy atom. The first-order valence-electron chi connectivity index (χ1n) is 7.51. The minimum Gasteiger partial charge on any atom is -0.397 e. The number of rotatable bonds is 4. The van der Waals surface area contributed by atoms with E-state index in [4.69, 9.17) is 5.73 Å². The van der Waals surface area contributed by atoms with Crippen LogP contribution in [-0.2, 0) is 0 Å². The van der Waals surface area contributed by atoms with E-state index in [0.29, 0.717) is 5.92 Å². The molecular weight excluding hydrogens is 270 g/mol. The molecular formula is C15H23N3OS. The quantitative estimate of drug-likeness (QED) is 0.837. The van der Waals surface area contributed by atoms with E-state index < -0.39 is 0 Å². The van der Waals surface area contributed by atoms with Gasteiger partial charge < -0.3 is 16.0 Å². The van der Waals surface area contributed by atoms with Gasteiger partial charge in [0.1, 0.15) is 0 Å².